The van der Waals surface area contributed by atoms with Crippen LogP contribution in [0, 0.1) is 17.0 Å². The summed E-state index contributed by atoms with van der Waals surface area (Å²) < 4.78 is 5.43. The minimum absolute atomic E-state index is 0.158. The fourth-order valence-electron chi connectivity index (χ4n) is 3.10. The summed E-state index contributed by atoms with van der Waals surface area (Å²) in [6, 6.07) is 18.5. The predicted molar refractivity (Wildman–Crippen MR) is 127 cm³/mol. The summed E-state index contributed by atoms with van der Waals surface area (Å²) in [4.78, 5) is 48.2. The van der Waals surface area contributed by atoms with Gasteiger partial charge in [0.05, 0.1) is 11.3 Å². The van der Waals surface area contributed by atoms with Gasteiger partial charge in [0.2, 0.25) is 11.7 Å². The van der Waals surface area contributed by atoms with Crippen molar-refractivity contribution in [2.24, 2.45) is 0 Å². The first-order valence-corrected chi connectivity index (χ1v) is 10.7. The topological polar surface area (TPSA) is 116 Å². The Morgan fingerprint density at radius 3 is 2.29 bits per heavy atom. The number of ketones is 1. The van der Waals surface area contributed by atoms with Crippen molar-refractivity contribution in [3.63, 3.8) is 0 Å². The molecule has 3 rings (SSSR count). The zero-order chi connectivity index (χ0) is 24.7. The summed E-state index contributed by atoms with van der Waals surface area (Å²) in [5.41, 5.74) is 1.80. The zero-order valence-electron chi connectivity index (χ0n) is 18.2. The predicted octanol–water partition coefficient (Wildman–Crippen LogP) is 5.44. The fraction of sp³-hybridized carbons (Fsp3) is 0.160. The number of nitro groups is 1. The first-order chi connectivity index (χ1) is 16.2. The first-order valence-electron chi connectivity index (χ1n) is 10.3. The lowest BCUT2D eigenvalue weighted by atomic mass is 9.99. The average molecular weight is 481 g/mol. The number of Topliss-reactive ketones (excluding diaryl/α,β-unsaturated/α-hetero) is 1. The number of carbonyl (C=O) groups excluding carboxylic acids is 3. The molecule has 0 spiro atoms. The van der Waals surface area contributed by atoms with Gasteiger partial charge >= 0.3 is 5.97 Å². The molecule has 3 aromatic carbocycles. The van der Waals surface area contributed by atoms with E-state index in [0.29, 0.717) is 16.3 Å². The number of hydrogen-bond acceptors (Lipinski definition) is 6. The molecule has 174 valence electrons. The van der Waals surface area contributed by atoms with Crippen LogP contribution in [0.25, 0.3) is 0 Å². The molecule has 0 aromatic heterocycles. The molecule has 34 heavy (non-hydrogen) atoms. The molecule has 1 amide bonds. The quantitative estimate of drug-likeness (QED) is 0.188. The van der Waals surface area contributed by atoms with Crippen LogP contribution in [0.1, 0.15) is 40.4 Å². The maximum atomic E-state index is 13.0. The number of esters is 1. The van der Waals surface area contributed by atoms with E-state index in [2.05, 4.69) is 5.32 Å². The number of anilines is 1. The van der Waals surface area contributed by atoms with Crippen molar-refractivity contribution in [1.29, 1.82) is 0 Å². The van der Waals surface area contributed by atoms with Gasteiger partial charge in [-0.1, -0.05) is 48.0 Å². The maximum absolute atomic E-state index is 13.0. The zero-order valence-corrected chi connectivity index (χ0v) is 19.0. The van der Waals surface area contributed by atoms with Gasteiger partial charge in [0.25, 0.3) is 5.69 Å². The van der Waals surface area contributed by atoms with E-state index >= 15 is 0 Å². The van der Waals surface area contributed by atoms with Crippen molar-refractivity contribution >= 4 is 40.6 Å². The van der Waals surface area contributed by atoms with Crippen molar-refractivity contribution in [3.8, 4) is 0 Å². The highest BCUT2D eigenvalue weighted by molar-refractivity contribution is 6.31. The van der Waals surface area contributed by atoms with Gasteiger partial charge < -0.3 is 10.1 Å². The van der Waals surface area contributed by atoms with Crippen LogP contribution in [0.15, 0.2) is 72.8 Å². The van der Waals surface area contributed by atoms with Crippen molar-refractivity contribution in [1.82, 2.24) is 0 Å². The van der Waals surface area contributed by atoms with E-state index in [1.54, 1.807) is 48.5 Å². The van der Waals surface area contributed by atoms with E-state index in [9.17, 15) is 24.5 Å². The van der Waals surface area contributed by atoms with Crippen molar-refractivity contribution in [2.45, 2.75) is 25.9 Å². The second-order valence-corrected chi connectivity index (χ2v) is 7.87. The van der Waals surface area contributed by atoms with Crippen LogP contribution in [0.4, 0.5) is 11.4 Å². The van der Waals surface area contributed by atoms with Gasteiger partial charge in [0.15, 0.2) is 6.10 Å². The lowest BCUT2D eigenvalue weighted by molar-refractivity contribution is -0.384. The Kier molecular flexibility index (Phi) is 8.10. The van der Waals surface area contributed by atoms with Gasteiger partial charge in [-0.05, 0) is 36.8 Å². The molecule has 8 nitrogen and oxygen atoms in total. The number of non-ortho nitro benzene ring substituents is 1. The molecule has 0 heterocycles. The fourth-order valence-corrected chi connectivity index (χ4v) is 3.28. The number of ether oxygens (including phenoxy) is 1. The van der Waals surface area contributed by atoms with E-state index in [1.165, 1.54) is 24.3 Å². The third-order valence-corrected chi connectivity index (χ3v) is 5.37. The number of aryl methyl sites for hydroxylation is 1. The molecule has 1 N–H and O–H groups in total. The second kappa shape index (κ2) is 11.2. The molecule has 0 saturated carbocycles. The number of benzene rings is 3. The molecule has 0 aliphatic rings. The van der Waals surface area contributed by atoms with E-state index in [-0.39, 0.29) is 24.1 Å². The Balaban J connectivity index is 1.69. The minimum atomic E-state index is -1.31. The Bertz CT molecular complexity index is 1210. The highest BCUT2D eigenvalue weighted by Crippen LogP contribution is 2.26. The summed E-state index contributed by atoms with van der Waals surface area (Å²) in [5.74, 6) is -1.66. The Morgan fingerprint density at radius 2 is 1.68 bits per heavy atom. The molecular formula is C25H21ClN2O6. The van der Waals surface area contributed by atoms with Crippen LogP contribution in [0.2, 0.25) is 5.02 Å². The number of amides is 1. The molecule has 9 heteroatoms. The third-order valence-electron chi connectivity index (χ3n) is 4.96. The van der Waals surface area contributed by atoms with Crippen molar-refractivity contribution in [2.75, 3.05) is 5.32 Å². The third kappa shape index (κ3) is 6.49. The van der Waals surface area contributed by atoms with Crippen LogP contribution in [0.5, 0.6) is 0 Å². The van der Waals surface area contributed by atoms with E-state index < -0.39 is 28.7 Å². The summed E-state index contributed by atoms with van der Waals surface area (Å²) >= 11 is 6.05. The molecule has 0 aliphatic carbocycles. The number of hydrogen-bond donors (Lipinski definition) is 1. The number of rotatable bonds is 9. The molecule has 0 radical (unpaired) electrons. The summed E-state index contributed by atoms with van der Waals surface area (Å²) in [6.45, 7) is 1.84. The van der Waals surface area contributed by atoms with Gasteiger partial charge in [-0.3, -0.25) is 24.5 Å². The molecular weight excluding hydrogens is 460 g/mol. The second-order valence-electron chi connectivity index (χ2n) is 7.46. The summed E-state index contributed by atoms with van der Waals surface area (Å²) in [5, 5.41) is 14.1. The number of nitro benzene ring substituents is 1. The highest BCUT2D eigenvalue weighted by atomic mass is 35.5. The average Bonchev–Trinajstić information content (AvgIpc) is 2.84. The smallest absolute Gasteiger partial charge is 0.307 e. The van der Waals surface area contributed by atoms with E-state index in [1.807, 2.05) is 6.92 Å². The van der Waals surface area contributed by atoms with Gasteiger partial charge in [-0.25, -0.2) is 0 Å². The molecule has 0 saturated heterocycles. The van der Waals surface area contributed by atoms with Gasteiger partial charge in [-0.15, -0.1) is 0 Å². The lowest BCUT2D eigenvalue weighted by Gasteiger charge is -2.17. The van der Waals surface area contributed by atoms with Crippen LogP contribution in [-0.2, 0) is 14.3 Å². The minimum Gasteiger partial charge on any atom is -0.449 e. The lowest BCUT2D eigenvalue weighted by Crippen LogP contribution is -2.21. The number of nitrogens with one attached hydrogen (secondary N) is 1. The Labute approximate surface area is 200 Å². The van der Waals surface area contributed by atoms with Crippen molar-refractivity contribution < 1.29 is 24.0 Å². The van der Waals surface area contributed by atoms with E-state index in [0.717, 1.165) is 5.56 Å². The van der Waals surface area contributed by atoms with Crippen LogP contribution >= 0.6 is 11.6 Å². The summed E-state index contributed by atoms with van der Waals surface area (Å²) in [7, 11) is 0. The van der Waals surface area contributed by atoms with Gasteiger partial charge in [-0.2, -0.15) is 0 Å². The van der Waals surface area contributed by atoms with Gasteiger partial charge in [0.1, 0.15) is 0 Å². The normalized spacial score (nSPS) is 11.4. The number of nitrogens with zero attached hydrogens (tertiary/aromatic N) is 1. The number of halogens is 1. The van der Waals surface area contributed by atoms with E-state index in [4.69, 9.17) is 16.3 Å². The maximum Gasteiger partial charge on any atom is 0.307 e. The summed E-state index contributed by atoms with van der Waals surface area (Å²) in [6.07, 6.45) is -1.75. The molecule has 0 unspecified atom stereocenters. The van der Waals surface area contributed by atoms with Crippen molar-refractivity contribution in [3.05, 3.63) is 105 Å². The molecule has 3 aromatic rings. The SMILES string of the molecule is Cc1ccc(NC(=O)CCC(=O)O[C@@H](C(=O)c2ccccc2)c2ccc([N+](=O)[O-])cc2)cc1Cl. The highest BCUT2D eigenvalue weighted by Gasteiger charge is 2.27. The number of carbonyl (C=O) groups is 3. The van der Waals surface area contributed by atoms with Crippen LogP contribution in [0.3, 0.4) is 0 Å². The first kappa shape index (κ1) is 24.6. The molecule has 0 bridgehead atoms. The van der Waals surface area contributed by atoms with Crippen LogP contribution < -0.4 is 5.32 Å². The molecule has 0 aliphatic heterocycles. The largest absolute Gasteiger partial charge is 0.449 e. The monoisotopic (exact) mass is 480 g/mol. The Morgan fingerprint density at radius 1 is 1.00 bits per heavy atom. The molecule has 1 atom stereocenters. The standard InChI is InChI=1S/C25H21ClN2O6/c1-16-7-10-19(15-21(16)26)27-22(29)13-14-23(30)34-25(24(31)17-5-3-2-4-6-17)18-8-11-20(12-9-18)28(32)33/h2-12,15,25H,13-14H2,1H3,(H,27,29)/t25-/m1/s1. The molecule has 0 fully saturated rings. The van der Waals surface area contributed by atoms with Gasteiger partial charge in [0, 0.05) is 40.4 Å². The van der Waals surface area contributed by atoms with Crippen LogP contribution in [-0.4, -0.2) is 22.6 Å². The Hall–Kier alpha value is -4.04.